The van der Waals surface area contributed by atoms with Crippen molar-refractivity contribution in [1.29, 1.82) is 0 Å². The van der Waals surface area contributed by atoms with Crippen LogP contribution >= 0.6 is 0 Å². The molecule has 2 unspecified atom stereocenters. The van der Waals surface area contributed by atoms with Gasteiger partial charge in [0.2, 0.25) is 0 Å². The Kier molecular flexibility index (Phi) is 6.40. The van der Waals surface area contributed by atoms with Gasteiger partial charge in [0.1, 0.15) is 5.54 Å². The minimum atomic E-state index is -0.671. The van der Waals surface area contributed by atoms with Crippen LogP contribution in [0.4, 0.5) is 0 Å². The van der Waals surface area contributed by atoms with Crippen molar-refractivity contribution in [2.75, 3.05) is 13.2 Å². The molecule has 0 bridgehead atoms. The van der Waals surface area contributed by atoms with Crippen LogP contribution in [0.25, 0.3) is 0 Å². The first-order valence-corrected chi connectivity index (χ1v) is 7.78. The Hall–Kier alpha value is -1.36. The Bertz CT molecular complexity index is 470. The lowest BCUT2D eigenvalue weighted by atomic mass is 9.93. The van der Waals surface area contributed by atoms with Gasteiger partial charge >= 0.3 is 5.97 Å². The second-order valence-electron chi connectivity index (χ2n) is 5.86. The van der Waals surface area contributed by atoms with Gasteiger partial charge in [-0.1, -0.05) is 6.92 Å². The summed E-state index contributed by atoms with van der Waals surface area (Å²) in [7, 11) is 0. The zero-order valence-corrected chi connectivity index (χ0v) is 14.2. The van der Waals surface area contributed by atoms with E-state index in [0.29, 0.717) is 13.0 Å². The lowest BCUT2D eigenvalue weighted by molar-refractivity contribution is -0.151. The van der Waals surface area contributed by atoms with Crippen molar-refractivity contribution >= 4 is 5.97 Å². The minimum Gasteiger partial charge on any atom is -0.465 e. The molecule has 0 aromatic carbocycles. The Morgan fingerprint density at radius 1 is 1.48 bits per heavy atom. The number of nitrogens with one attached hydrogen (secondary N) is 1. The normalized spacial score (nSPS) is 15.5. The fourth-order valence-electron chi connectivity index (χ4n) is 2.57. The fourth-order valence-corrected chi connectivity index (χ4v) is 2.57. The number of aromatic nitrogens is 2. The molecule has 0 saturated carbocycles. The smallest absolute Gasteiger partial charge is 0.326 e. The summed E-state index contributed by atoms with van der Waals surface area (Å²) >= 11 is 0. The topological polar surface area (TPSA) is 56.2 Å². The van der Waals surface area contributed by atoms with Gasteiger partial charge in [0, 0.05) is 11.7 Å². The monoisotopic (exact) mass is 295 g/mol. The second kappa shape index (κ2) is 7.59. The number of hydrogen-bond donors (Lipinski definition) is 1. The molecule has 0 spiro atoms. The number of rotatable bonds is 8. The number of nitrogens with zero attached hydrogens (tertiary/aromatic N) is 2. The van der Waals surface area contributed by atoms with Crippen molar-refractivity contribution in [1.82, 2.24) is 14.9 Å². The molecule has 2 atom stereocenters. The molecule has 1 heterocycles. The van der Waals surface area contributed by atoms with Gasteiger partial charge in [0.25, 0.3) is 0 Å². The molecule has 0 aliphatic carbocycles. The maximum atomic E-state index is 12.3. The van der Waals surface area contributed by atoms with Crippen molar-refractivity contribution in [2.24, 2.45) is 0 Å². The molecule has 0 aliphatic heterocycles. The summed E-state index contributed by atoms with van der Waals surface area (Å²) in [5.74, 6) is -0.181. The predicted octanol–water partition coefficient (Wildman–Crippen LogP) is 2.77. The van der Waals surface area contributed by atoms with Crippen LogP contribution in [-0.2, 0) is 9.53 Å². The van der Waals surface area contributed by atoms with Gasteiger partial charge < -0.3 is 14.6 Å². The maximum absolute atomic E-state index is 12.3. The largest absolute Gasteiger partial charge is 0.465 e. The fraction of sp³-hybridized carbons (Fsp3) is 0.750. The van der Waals surface area contributed by atoms with E-state index in [9.17, 15) is 4.79 Å². The van der Waals surface area contributed by atoms with Gasteiger partial charge in [-0.2, -0.15) is 0 Å². The third-order valence-corrected chi connectivity index (χ3v) is 3.96. The Morgan fingerprint density at radius 2 is 2.14 bits per heavy atom. The average molecular weight is 295 g/mol. The molecular weight excluding hydrogens is 266 g/mol. The number of hydrogen-bond acceptors (Lipinski definition) is 4. The van der Waals surface area contributed by atoms with E-state index in [2.05, 4.69) is 35.6 Å². The molecule has 1 aromatic rings. The number of carbonyl (C=O) groups excluding carboxylic acids is 1. The molecule has 5 nitrogen and oxygen atoms in total. The van der Waals surface area contributed by atoms with Crippen molar-refractivity contribution < 1.29 is 9.53 Å². The van der Waals surface area contributed by atoms with E-state index < -0.39 is 5.54 Å². The van der Waals surface area contributed by atoms with Crippen LogP contribution < -0.4 is 5.32 Å². The third-order valence-electron chi connectivity index (χ3n) is 3.96. The van der Waals surface area contributed by atoms with Crippen LogP contribution in [0, 0.1) is 13.8 Å². The predicted molar refractivity (Wildman–Crippen MR) is 84.4 cm³/mol. The Labute approximate surface area is 128 Å². The van der Waals surface area contributed by atoms with Gasteiger partial charge in [-0.3, -0.25) is 4.79 Å². The Balaban J connectivity index is 2.89. The molecule has 0 fully saturated rings. The molecule has 1 N–H and O–H groups in total. The molecule has 1 rings (SSSR count). The highest BCUT2D eigenvalue weighted by Crippen LogP contribution is 2.24. The highest BCUT2D eigenvalue weighted by molar-refractivity contribution is 5.80. The van der Waals surface area contributed by atoms with Crippen molar-refractivity contribution in [3.8, 4) is 0 Å². The maximum Gasteiger partial charge on any atom is 0.326 e. The highest BCUT2D eigenvalue weighted by atomic mass is 16.5. The first kappa shape index (κ1) is 17.7. The lowest BCUT2D eigenvalue weighted by Crippen LogP contribution is -2.52. The Morgan fingerprint density at radius 3 is 2.62 bits per heavy atom. The summed E-state index contributed by atoms with van der Waals surface area (Å²) < 4.78 is 7.38. The SMILES string of the molecule is CCCNC(C)(CC(C)n1cnc(C)c1C)C(=O)OCC. The van der Waals surface area contributed by atoms with Crippen LogP contribution in [0.2, 0.25) is 0 Å². The van der Waals surface area contributed by atoms with Gasteiger partial charge in [-0.15, -0.1) is 0 Å². The first-order valence-electron chi connectivity index (χ1n) is 7.78. The zero-order valence-electron chi connectivity index (χ0n) is 14.2. The lowest BCUT2D eigenvalue weighted by Gasteiger charge is -2.32. The van der Waals surface area contributed by atoms with E-state index in [0.717, 1.165) is 24.4 Å². The molecular formula is C16H29N3O2. The van der Waals surface area contributed by atoms with Crippen molar-refractivity contribution in [3.05, 3.63) is 17.7 Å². The highest BCUT2D eigenvalue weighted by Gasteiger charge is 2.36. The summed E-state index contributed by atoms with van der Waals surface area (Å²) in [6.45, 7) is 13.2. The second-order valence-corrected chi connectivity index (χ2v) is 5.86. The third kappa shape index (κ3) is 4.30. The van der Waals surface area contributed by atoms with Crippen LogP contribution in [0.1, 0.15) is 58.0 Å². The summed E-state index contributed by atoms with van der Waals surface area (Å²) in [5, 5.41) is 3.35. The van der Waals surface area contributed by atoms with E-state index >= 15 is 0 Å². The minimum absolute atomic E-state index is 0.171. The summed E-state index contributed by atoms with van der Waals surface area (Å²) in [5.41, 5.74) is 1.50. The van der Waals surface area contributed by atoms with Gasteiger partial charge in [0.05, 0.1) is 18.6 Å². The van der Waals surface area contributed by atoms with Crippen molar-refractivity contribution in [2.45, 2.75) is 66.0 Å². The van der Waals surface area contributed by atoms with E-state index in [4.69, 9.17) is 4.74 Å². The molecule has 0 radical (unpaired) electrons. The summed E-state index contributed by atoms with van der Waals surface area (Å²) in [4.78, 5) is 16.7. The number of ether oxygens (including phenoxy) is 1. The number of aryl methyl sites for hydroxylation is 1. The van der Waals surface area contributed by atoms with Crippen LogP contribution in [0.3, 0.4) is 0 Å². The molecule has 0 saturated heterocycles. The van der Waals surface area contributed by atoms with Crippen LogP contribution in [-0.4, -0.2) is 34.2 Å². The zero-order chi connectivity index (χ0) is 16.0. The van der Waals surface area contributed by atoms with E-state index in [-0.39, 0.29) is 12.0 Å². The molecule has 21 heavy (non-hydrogen) atoms. The van der Waals surface area contributed by atoms with Gasteiger partial charge in [0.15, 0.2) is 0 Å². The molecule has 1 aromatic heterocycles. The van der Waals surface area contributed by atoms with E-state index in [1.54, 1.807) is 0 Å². The number of imidazole rings is 1. The van der Waals surface area contributed by atoms with E-state index in [1.807, 2.05) is 27.1 Å². The molecule has 0 aliphatic rings. The van der Waals surface area contributed by atoms with Gasteiger partial charge in [-0.05, 0) is 54.0 Å². The standard InChI is InChI=1S/C16H29N3O2/c1-7-9-18-16(6,15(20)21-8-2)10-12(3)19-11-17-13(4)14(19)5/h11-12,18H,7-10H2,1-6H3. The first-order chi connectivity index (χ1) is 9.85. The van der Waals surface area contributed by atoms with Crippen LogP contribution in [0.5, 0.6) is 0 Å². The molecule has 0 amide bonds. The average Bonchev–Trinajstić information content (AvgIpc) is 2.77. The van der Waals surface area contributed by atoms with E-state index in [1.165, 1.54) is 0 Å². The molecule has 5 heteroatoms. The van der Waals surface area contributed by atoms with Gasteiger partial charge in [-0.25, -0.2) is 4.98 Å². The molecule has 120 valence electrons. The van der Waals surface area contributed by atoms with Crippen LogP contribution in [0.15, 0.2) is 6.33 Å². The quantitative estimate of drug-likeness (QED) is 0.749. The summed E-state index contributed by atoms with van der Waals surface area (Å²) in [6, 6.07) is 0.171. The number of esters is 1. The number of carbonyl (C=O) groups is 1. The summed E-state index contributed by atoms with van der Waals surface area (Å²) in [6.07, 6.45) is 3.50. The van der Waals surface area contributed by atoms with Crippen molar-refractivity contribution in [3.63, 3.8) is 0 Å².